The Morgan fingerprint density at radius 1 is 1.21 bits per heavy atom. The third kappa shape index (κ3) is 5.14. The summed E-state index contributed by atoms with van der Waals surface area (Å²) >= 11 is 0. The number of amides is 2. The fourth-order valence-corrected chi connectivity index (χ4v) is 2.75. The fourth-order valence-electron chi connectivity index (χ4n) is 2.75. The molecule has 8 nitrogen and oxygen atoms in total. The van der Waals surface area contributed by atoms with Gasteiger partial charge < -0.3 is 14.8 Å². The molecule has 1 saturated heterocycles. The first kappa shape index (κ1) is 19.5. The zero-order valence-corrected chi connectivity index (χ0v) is 16.2. The molecule has 0 bridgehead atoms. The van der Waals surface area contributed by atoms with E-state index in [2.05, 4.69) is 45.8 Å². The predicted molar refractivity (Wildman–Crippen MR) is 107 cm³/mol. The maximum atomic E-state index is 11.3. The molecular weight excluding hydrogens is 358 g/mol. The van der Waals surface area contributed by atoms with Crippen molar-refractivity contribution in [2.75, 3.05) is 7.11 Å². The number of methoxy groups -OCH3 is 1. The van der Waals surface area contributed by atoms with Crippen LogP contribution in [0.25, 0.3) is 0 Å². The van der Waals surface area contributed by atoms with Crippen molar-refractivity contribution in [3.05, 3.63) is 59.2 Å². The van der Waals surface area contributed by atoms with Gasteiger partial charge in [0, 0.05) is 0 Å². The molecule has 0 aliphatic carbocycles. The van der Waals surface area contributed by atoms with Crippen molar-refractivity contribution in [3.63, 3.8) is 0 Å². The first-order chi connectivity index (χ1) is 13.5. The van der Waals surface area contributed by atoms with Gasteiger partial charge >= 0.3 is 6.03 Å². The first-order valence-corrected chi connectivity index (χ1v) is 9.02. The minimum Gasteiger partial charge on any atom is -0.493 e. The molecule has 3 rings (SSSR count). The Bertz CT molecular complexity index is 855. The molecule has 0 saturated carbocycles. The summed E-state index contributed by atoms with van der Waals surface area (Å²) in [7, 11) is 1.60. The molecular formula is C20H25N5O3. The van der Waals surface area contributed by atoms with Crippen molar-refractivity contribution in [2.45, 2.75) is 32.7 Å². The predicted octanol–water partition coefficient (Wildman–Crippen LogP) is 2.04. The standard InChI is InChI=1S/C20H25N5O3/c1-13-5-4-6-16(9-13)12-28-17-8-7-15(10-18(17)27-3)11-21-24-19-14(2)23-25-20(26)22-19/h4-11,14,19,23-24H,12H2,1-3H3,(H2,22,25,26)/b21-11+. The molecule has 0 radical (unpaired) electrons. The summed E-state index contributed by atoms with van der Waals surface area (Å²) in [5.74, 6) is 1.29. The topological polar surface area (TPSA) is 96.0 Å². The minimum atomic E-state index is -0.316. The number of rotatable bonds is 7. The lowest BCUT2D eigenvalue weighted by atomic mass is 10.1. The van der Waals surface area contributed by atoms with E-state index < -0.39 is 0 Å². The van der Waals surface area contributed by atoms with Crippen LogP contribution in [0.1, 0.15) is 23.6 Å². The quantitative estimate of drug-likeness (QED) is 0.433. The summed E-state index contributed by atoms with van der Waals surface area (Å²) in [6.45, 7) is 4.44. The smallest absolute Gasteiger partial charge is 0.330 e. The Hall–Kier alpha value is -3.26. The number of aryl methyl sites for hydroxylation is 1. The van der Waals surface area contributed by atoms with E-state index in [4.69, 9.17) is 9.47 Å². The van der Waals surface area contributed by atoms with E-state index in [1.807, 2.05) is 37.3 Å². The molecule has 4 N–H and O–H groups in total. The summed E-state index contributed by atoms with van der Waals surface area (Å²) < 4.78 is 11.3. The molecule has 2 aromatic rings. The first-order valence-electron chi connectivity index (χ1n) is 9.02. The number of urea groups is 1. The second-order valence-corrected chi connectivity index (χ2v) is 6.58. The summed E-state index contributed by atoms with van der Waals surface area (Å²) in [4.78, 5) is 11.3. The Kier molecular flexibility index (Phi) is 6.33. The van der Waals surface area contributed by atoms with Crippen LogP contribution in [0.2, 0.25) is 0 Å². The Balaban J connectivity index is 1.61. The van der Waals surface area contributed by atoms with Gasteiger partial charge in [0.2, 0.25) is 0 Å². The zero-order valence-electron chi connectivity index (χ0n) is 16.2. The Morgan fingerprint density at radius 3 is 2.86 bits per heavy atom. The van der Waals surface area contributed by atoms with Gasteiger partial charge in [0.05, 0.1) is 19.4 Å². The summed E-state index contributed by atoms with van der Waals surface area (Å²) in [6.07, 6.45) is 1.34. The van der Waals surface area contributed by atoms with E-state index in [1.54, 1.807) is 13.3 Å². The Morgan fingerprint density at radius 2 is 2.07 bits per heavy atom. The molecule has 1 aliphatic heterocycles. The van der Waals surface area contributed by atoms with E-state index in [9.17, 15) is 4.79 Å². The number of hydrazine groups is 1. The molecule has 2 unspecified atom stereocenters. The molecule has 28 heavy (non-hydrogen) atoms. The van der Waals surface area contributed by atoms with Crippen molar-refractivity contribution in [3.8, 4) is 11.5 Å². The van der Waals surface area contributed by atoms with Gasteiger partial charge in [0.15, 0.2) is 11.5 Å². The van der Waals surface area contributed by atoms with Gasteiger partial charge in [-0.25, -0.2) is 10.2 Å². The van der Waals surface area contributed by atoms with Gasteiger partial charge in [-0.05, 0) is 43.2 Å². The maximum Gasteiger partial charge on any atom is 0.330 e. The molecule has 8 heteroatoms. The average Bonchev–Trinajstić information content (AvgIpc) is 2.69. The lowest BCUT2D eigenvalue weighted by molar-refractivity contribution is 0.202. The van der Waals surface area contributed by atoms with Gasteiger partial charge in [0.1, 0.15) is 12.8 Å². The Labute approximate surface area is 164 Å². The van der Waals surface area contributed by atoms with Crippen molar-refractivity contribution < 1.29 is 14.3 Å². The number of hydrazone groups is 1. The highest BCUT2D eigenvalue weighted by Gasteiger charge is 2.23. The highest BCUT2D eigenvalue weighted by atomic mass is 16.5. The van der Waals surface area contributed by atoms with Crippen molar-refractivity contribution in [1.29, 1.82) is 0 Å². The molecule has 2 amide bonds. The molecule has 1 fully saturated rings. The molecule has 2 aromatic carbocycles. The maximum absolute atomic E-state index is 11.3. The molecule has 1 heterocycles. The van der Waals surface area contributed by atoms with Crippen LogP contribution < -0.4 is 31.1 Å². The van der Waals surface area contributed by atoms with Crippen LogP contribution >= 0.6 is 0 Å². The van der Waals surface area contributed by atoms with Crippen LogP contribution in [0.15, 0.2) is 47.6 Å². The van der Waals surface area contributed by atoms with Crippen LogP contribution in [0.3, 0.4) is 0 Å². The average molecular weight is 383 g/mol. The number of benzene rings is 2. The SMILES string of the molecule is COc1cc(/C=N/NC2NC(=O)NNC2C)ccc1OCc1cccc(C)c1. The van der Waals surface area contributed by atoms with Crippen LogP contribution in [-0.4, -0.2) is 31.6 Å². The van der Waals surface area contributed by atoms with Crippen molar-refractivity contribution in [2.24, 2.45) is 5.10 Å². The van der Waals surface area contributed by atoms with E-state index in [1.165, 1.54) is 5.56 Å². The van der Waals surface area contributed by atoms with Crippen molar-refractivity contribution >= 4 is 12.2 Å². The highest BCUT2D eigenvalue weighted by molar-refractivity contribution is 5.80. The van der Waals surface area contributed by atoms with Gasteiger partial charge in [-0.2, -0.15) is 5.10 Å². The van der Waals surface area contributed by atoms with Gasteiger partial charge in [0.25, 0.3) is 0 Å². The third-order valence-electron chi connectivity index (χ3n) is 4.29. The second-order valence-electron chi connectivity index (χ2n) is 6.58. The normalized spacial score (nSPS) is 19.0. The number of hydrogen-bond acceptors (Lipinski definition) is 6. The van der Waals surface area contributed by atoms with Crippen LogP contribution in [0.5, 0.6) is 11.5 Å². The lowest BCUT2D eigenvalue weighted by Gasteiger charge is -2.30. The van der Waals surface area contributed by atoms with Gasteiger partial charge in [-0.3, -0.25) is 10.9 Å². The number of carbonyl (C=O) groups is 1. The second kappa shape index (κ2) is 9.09. The molecule has 148 valence electrons. The highest BCUT2D eigenvalue weighted by Crippen LogP contribution is 2.28. The zero-order chi connectivity index (χ0) is 19.9. The largest absolute Gasteiger partial charge is 0.493 e. The molecule has 2 atom stereocenters. The summed E-state index contributed by atoms with van der Waals surface area (Å²) in [6, 6.07) is 13.4. The van der Waals surface area contributed by atoms with E-state index in [0.29, 0.717) is 18.1 Å². The van der Waals surface area contributed by atoms with Gasteiger partial charge in [-0.1, -0.05) is 29.8 Å². The summed E-state index contributed by atoms with van der Waals surface area (Å²) in [5, 5.41) is 6.94. The monoisotopic (exact) mass is 383 g/mol. The van der Waals surface area contributed by atoms with Crippen LogP contribution in [0.4, 0.5) is 4.79 Å². The fraction of sp³-hybridized carbons (Fsp3) is 0.300. The number of nitrogens with zero attached hydrogens (tertiary/aromatic N) is 1. The van der Waals surface area contributed by atoms with Gasteiger partial charge in [-0.15, -0.1) is 0 Å². The van der Waals surface area contributed by atoms with E-state index in [-0.39, 0.29) is 18.2 Å². The van der Waals surface area contributed by atoms with E-state index in [0.717, 1.165) is 11.1 Å². The number of carbonyl (C=O) groups excluding carboxylic acids is 1. The number of hydrogen-bond donors (Lipinski definition) is 4. The lowest BCUT2D eigenvalue weighted by Crippen LogP contribution is -2.67. The molecule has 0 spiro atoms. The molecule has 1 aliphatic rings. The molecule has 0 aromatic heterocycles. The van der Waals surface area contributed by atoms with Crippen molar-refractivity contribution in [1.82, 2.24) is 21.6 Å². The van der Waals surface area contributed by atoms with E-state index >= 15 is 0 Å². The third-order valence-corrected chi connectivity index (χ3v) is 4.29. The summed E-state index contributed by atoms with van der Waals surface area (Å²) in [5.41, 5.74) is 11.4. The van der Waals surface area contributed by atoms with Crippen LogP contribution in [0, 0.1) is 6.92 Å². The number of nitrogens with one attached hydrogen (secondary N) is 4. The minimum absolute atomic E-state index is 0.0261. The number of ether oxygens (including phenoxy) is 2. The van der Waals surface area contributed by atoms with Crippen LogP contribution in [-0.2, 0) is 6.61 Å².